The molecular formula is C17H11Cl2FN2O2. The van der Waals surface area contributed by atoms with E-state index >= 15 is 0 Å². The van der Waals surface area contributed by atoms with Crippen LogP contribution in [0.1, 0.15) is 22.1 Å². The minimum absolute atomic E-state index is 0.247. The number of hydrogen-bond donors (Lipinski definition) is 1. The monoisotopic (exact) mass is 364 g/mol. The van der Waals surface area contributed by atoms with E-state index < -0.39 is 11.7 Å². The fraction of sp³-hybridized carbons (Fsp3) is 0.0588. The van der Waals surface area contributed by atoms with Gasteiger partial charge in [-0.25, -0.2) is 4.39 Å². The van der Waals surface area contributed by atoms with Crippen molar-refractivity contribution in [2.75, 3.05) is 5.32 Å². The average molecular weight is 365 g/mol. The molecule has 0 aliphatic heterocycles. The van der Waals surface area contributed by atoms with Crippen LogP contribution in [0.4, 0.5) is 10.1 Å². The van der Waals surface area contributed by atoms with E-state index in [1.54, 1.807) is 18.2 Å². The lowest BCUT2D eigenvalue weighted by Gasteiger charge is -2.05. The minimum Gasteiger partial charge on any atom is -0.322 e. The van der Waals surface area contributed by atoms with Crippen LogP contribution in [0.15, 0.2) is 42.6 Å². The third-order valence-electron chi connectivity index (χ3n) is 3.47. The lowest BCUT2D eigenvalue weighted by molar-refractivity contribution is 0.0941. The maximum Gasteiger partial charge on any atom is 0.257 e. The van der Waals surface area contributed by atoms with Gasteiger partial charge in [0.1, 0.15) is 5.82 Å². The van der Waals surface area contributed by atoms with Gasteiger partial charge in [0.2, 0.25) is 5.91 Å². The van der Waals surface area contributed by atoms with Gasteiger partial charge in [-0.3, -0.25) is 14.2 Å². The SMILES string of the molecule is CC(=O)n1cc(C(=O)Nc2cc(Cl)cc(Cl)c2)c2ccc(F)cc21. The van der Waals surface area contributed by atoms with Crippen LogP contribution in [0.3, 0.4) is 0 Å². The zero-order chi connectivity index (χ0) is 17.4. The first-order valence-corrected chi connectivity index (χ1v) is 7.70. The maximum atomic E-state index is 13.5. The van der Waals surface area contributed by atoms with E-state index in [2.05, 4.69) is 5.32 Å². The summed E-state index contributed by atoms with van der Waals surface area (Å²) in [7, 11) is 0. The van der Waals surface area contributed by atoms with Crippen LogP contribution in [-0.4, -0.2) is 16.4 Å². The summed E-state index contributed by atoms with van der Waals surface area (Å²) in [6.45, 7) is 1.34. The number of carbonyl (C=O) groups excluding carboxylic acids is 2. The number of hydrogen-bond acceptors (Lipinski definition) is 2. The number of amides is 1. The van der Waals surface area contributed by atoms with Crippen molar-refractivity contribution in [3.63, 3.8) is 0 Å². The van der Waals surface area contributed by atoms with Gasteiger partial charge in [-0.15, -0.1) is 0 Å². The second kappa shape index (κ2) is 6.26. The Hall–Kier alpha value is -2.37. The standard InChI is InChI=1S/C17H11Cl2FN2O2/c1-9(23)22-8-15(14-3-2-12(20)7-16(14)22)17(24)21-13-5-10(18)4-11(19)6-13/h2-8H,1H3,(H,21,24). The van der Waals surface area contributed by atoms with Gasteiger partial charge >= 0.3 is 0 Å². The Morgan fingerprint density at radius 2 is 1.75 bits per heavy atom. The summed E-state index contributed by atoms with van der Waals surface area (Å²) in [5, 5.41) is 3.90. The van der Waals surface area contributed by atoms with Crippen molar-refractivity contribution in [3.8, 4) is 0 Å². The average Bonchev–Trinajstić information content (AvgIpc) is 2.84. The van der Waals surface area contributed by atoms with Crippen LogP contribution in [0.5, 0.6) is 0 Å². The summed E-state index contributed by atoms with van der Waals surface area (Å²) >= 11 is 11.8. The van der Waals surface area contributed by atoms with E-state index in [1.165, 1.54) is 35.9 Å². The van der Waals surface area contributed by atoms with Gasteiger partial charge in [0.05, 0.1) is 11.1 Å². The zero-order valence-electron chi connectivity index (χ0n) is 12.4. The number of fused-ring (bicyclic) bond motifs is 1. The van der Waals surface area contributed by atoms with E-state index in [0.717, 1.165) is 0 Å². The molecule has 1 N–H and O–H groups in total. The fourth-order valence-electron chi connectivity index (χ4n) is 2.47. The highest BCUT2D eigenvalue weighted by atomic mass is 35.5. The maximum absolute atomic E-state index is 13.5. The van der Waals surface area contributed by atoms with Gasteiger partial charge in [-0.05, 0) is 36.4 Å². The van der Waals surface area contributed by atoms with E-state index in [1.807, 2.05) is 0 Å². The molecule has 0 fully saturated rings. The van der Waals surface area contributed by atoms with Crippen LogP contribution >= 0.6 is 23.2 Å². The first-order valence-electron chi connectivity index (χ1n) is 6.94. The smallest absolute Gasteiger partial charge is 0.257 e. The molecule has 0 atom stereocenters. The predicted octanol–water partition coefficient (Wildman–Crippen LogP) is 5.00. The number of halogens is 3. The Labute approximate surface area is 146 Å². The number of benzene rings is 2. The Kier molecular flexibility index (Phi) is 4.30. The Morgan fingerprint density at radius 1 is 1.08 bits per heavy atom. The van der Waals surface area contributed by atoms with Crippen LogP contribution in [-0.2, 0) is 0 Å². The number of anilines is 1. The normalized spacial score (nSPS) is 10.8. The van der Waals surface area contributed by atoms with Gasteiger partial charge in [0, 0.05) is 34.2 Å². The number of nitrogens with one attached hydrogen (secondary N) is 1. The first kappa shape index (κ1) is 16.5. The molecule has 0 saturated heterocycles. The van der Waals surface area contributed by atoms with Gasteiger partial charge in [0.15, 0.2) is 0 Å². The number of rotatable bonds is 2. The van der Waals surface area contributed by atoms with E-state index in [9.17, 15) is 14.0 Å². The number of aromatic nitrogens is 1. The second-order valence-corrected chi connectivity index (χ2v) is 6.08. The van der Waals surface area contributed by atoms with Crippen LogP contribution < -0.4 is 5.32 Å². The van der Waals surface area contributed by atoms with Crippen molar-refractivity contribution in [1.29, 1.82) is 0 Å². The lowest BCUT2D eigenvalue weighted by Crippen LogP contribution is -2.12. The molecule has 4 nitrogen and oxygen atoms in total. The molecule has 1 aromatic heterocycles. The molecule has 0 spiro atoms. The van der Waals surface area contributed by atoms with Crippen molar-refractivity contribution in [1.82, 2.24) is 4.57 Å². The Bertz CT molecular complexity index is 962. The summed E-state index contributed by atoms with van der Waals surface area (Å²) < 4.78 is 14.7. The molecule has 1 heterocycles. The highest BCUT2D eigenvalue weighted by Crippen LogP contribution is 2.26. The molecule has 122 valence electrons. The molecule has 2 aromatic carbocycles. The Balaban J connectivity index is 2.05. The molecule has 7 heteroatoms. The molecule has 0 aliphatic carbocycles. The lowest BCUT2D eigenvalue weighted by atomic mass is 10.1. The molecule has 3 rings (SSSR count). The van der Waals surface area contributed by atoms with Gasteiger partial charge < -0.3 is 5.32 Å². The topological polar surface area (TPSA) is 51.1 Å². The molecule has 0 aliphatic rings. The number of nitrogens with zero attached hydrogens (tertiary/aromatic N) is 1. The van der Waals surface area contributed by atoms with E-state index in [-0.39, 0.29) is 11.5 Å². The summed E-state index contributed by atoms with van der Waals surface area (Å²) in [5.74, 6) is -1.27. The van der Waals surface area contributed by atoms with Crippen molar-refractivity contribution >= 4 is 51.6 Å². The summed E-state index contributed by atoms with van der Waals surface area (Å²) in [6, 6.07) is 8.56. The minimum atomic E-state index is -0.489. The van der Waals surface area contributed by atoms with Crippen molar-refractivity contribution in [2.45, 2.75) is 6.92 Å². The van der Waals surface area contributed by atoms with Crippen molar-refractivity contribution in [2.24, 2.45) is 0 Å². The van der Waals surface area contributed by atoms with Crippen LogP contribution in [0.2, 0.25) is 10.0 Å². The molecule has 0 saturated carbocycles. The van der Waals surface area contributed by atoms with E-state index in [4.69, 9.17) is 23.2 Å². The molecular weight excluding hydrogens is 354 g/mol. The molecule has 0 unspecified atom stereocenters. The van der Waals surface area contributed by atoms with E-state index in [0.29, 0.717) is 26.6 Å². The van der Waals surface area contributed by atoms with Gasteiger partial charge in [-0.2, -0.15) is 0 Å². The summed E-state index contributed by atoms with van der Waals surface area (Å²) in [5.41, 5.74) is 0.997. The first-order chi connectivity index (χ1) is 11.3. The third-order valence-corrected chi connectivity index (χ3v) is 3.91. The number of carbonyl (C=O) groups is 2. The van der Waals surface area contributed by atoms with Gasteiger partial charge in [-0.1, -0.05) is 23.2 Å². The van der Waals surface area contributed by atoms with Crippen molar-refractivity contribution in [3.05, 3.63) is 64.0 Å². The highest BCUT2D eigenvalue weighted by Gasteiger charge is 2.18. The molecule has 0 radical (unpaired) electrons. The third kappa shape index (κ3) is 3.13. The highest BCUT2D eigenvalue weighted by molar-refractivity contribution is 6.35. The van der Waals surface area contributed by atoms with Crippen LogP contribution in [0.25, 0.3) is 10.9 Å². The van der Waals surface area contributed by atoms with Crippen LogP contribution in [0, 0.1) is 5.82 Å². The Morgan fingerprint density at radius 3 is 2.38 bits per heavy atom. The largest absolute Gasteiger partial charge is 0.322 e. The summed E-state index contributed by atoms with van der Waals surface area (Å²) in [6.07, 6.45) is 1.38. The second-order valence-electron chi connectivity index (χ2n) is 5.21. The quantitative estimate of drug-likeness (QED) is 0.695. The van der Waals surface area contributed by atoms with Gasteiger partial charge in [0.25, 0.3) is 5.91 Å². The molecule has 1 amide bonds. The van der Waals surface area contributed by atoms with Crippen molar-refractivity contribution < 1.29 is 14.0 Å². The molecule has 3 aromatic rings. The zero-order valence-corrected chi connectivity index (χ0v) is 14.0. The predicted molar refractivity (Wildman–Crippen MR) is 92.6 cm³/mol. The summed E-state index contributed by atoms with van der Waals surface area (Å²) in [4.78, 5) is 24.3. The fourth-order valence-corrected chi connectivity index (χ4v) is 2.99. The molecule has 0 bridgehead atoms. The molecule has 24 heavy (non-hydrogen) atoms.